The summed E-state index contributed by atoms with van der Waals surface area (Å²) in [5.74, 6) is -0.434. The molecule has 1 saturated carbocycles. The SMILES string of the molecule is CCOC1(OCC)COC12CCCCC2. The van der Waals surface area contributed by atoms with Gasteiger partial charge in [-0.05, 0) is 26.7 Å². The molecule has 0 amide bonds. The van der Waals surface area contributed by atoms with Gasteiger partial charge in [0.15, 0.2) is 0 Å². The van der Waals surface area contributed by atoms with Gasteiger partial charge in [-0.3, -0.25) is 0 Å². The molecule has 3 nitrogen and oxygen atoms in total. The van der Waals surface area contributed by atoms with Crippen LogP contribution in [0.25, 0.3) is 0 Å². The Morgan fingerprint density at radius 2 is 1.60 bits per heavy atom. The normalized spacial score (nSPS) is 27.6. The first-order valence-corrected chi connectivity index (χ1v) is 6.20. The summed E-state index contributed by atoms with van der Waals surface area (Å²) < 4.78 is 17.5. The van der Waals surface area contributed by atoms with Gasteiger partial charge in [-0.1, -0.05) is 19.3 Å². The molecular weight excluding hydrogens is 192 g/mol. The van der Waals surface area contributed by atoms with E-state index >= 15 is 0 Å². The van der Waals surface area contributed by atoms with E-state index in [1.807, 2.05) is 13.8 Å². The third-order valence-electron chi connectivity index (χ3n) is 3.65. The van der Waals surface area contributed by atoms with Crippen LogP contribution in [0, 0.1) is 0 Å². The summed E-state index contributed by atoms with van der Waals surface area (Å²) in [5.41, 5.74) is -0.128. The van der Waals surface area contributed by atoms with Crippen molar-refractivity contribution in [2.24, 2.45) is 0 Å². The molecule has 0 bridgehead atoms. The van der Waals surface area contributed by atoms with Crippen molar-refractivity contribution >= 4 is 0 Å². The van der Waals surface area contributed by atoms with Crippen LogP contribution in [-0.2, 0) is 14.2 Å². The second-order valence-corrected chi connectivity index (χ2v) is 4.46. The van der Waals surface area contributed by atoms with Gasteiger partial charge >= 0.3 is 0 Å². The summed E-state index contributed by atoms with van der Waals surface area (Å²) in [6, 6.07) is 0. The Hall–Kier alpha value is -0.120. The Morgan fingerprint density at radius 3 is 2.00 bits per heavy atom. The van der Waals surface area contributed by atoms with Gasteiger partial charge in [0, 0.05) is 13.2 Å². The summed E-state index contributed by atoms with van der Waals surface area (Å²) in [7, 11) is 0. The van der Waals surface area contributed by atoms with Crippen LogP contribution in [0.4, 0.5) is 0 Å². The Labute approximate surface area is 92.1 Å². The van der Waals surface area contributed by atoms with Crippen LogP contribution in [0.5, 0.6) is 0 Å². The molecular formula is C12H22O3. The predicted molar refractivity (Wildman–Crippen MR) is 57.8 cm³/mol. The highest BCUT2D eigenvalue weighted by molar-refractivity contribution is 5.05. The van der Waals surface area contributed by atoms with Gasteiger partial charge in [0.05, 0.1) is 0 Å². The molecule has 0 radical (unpaired) electrons. The molecule has 1 heterocycles. The van der Waals surface area contributed by atoms with Crippen LogP contribution >= 0.6 is 0 Å². The molecule has 0 unspecified atom stereocenters. The van der Waals surface area contributed by atoms with Crippen molar-refractivity contribution in [3.63, 3.8) is 0 Å². The minimum Gasteiger partial charge on any atom is -0.364 e. The topological polar surface area (TPSA) is 27.7 Å². The van der Waals surface area contributed by atoms with E-state index in [0.29, 0.717) is 19.8 Å². The first-order valence-electron chi connectivity index (χ1n) is 6.20. The Morgan fingerprint density at radius 1 is 1.00 bits per heavy atom. The maximum absolute atomic E-state index is 5.85. The van der Waals surface area contributed by atoms with Crippen molar-refractivity contribution in [3.05, 3.63) is 0 Å². The number of hydrogen-bond acceptors (Lipinski definition) is 3. The van der Waals surface area contributed by atoms with Crippen LogP contribution in [0.1, 0.15) is 46.0 Å². The fourth-order valence-electron chi connectivity index (χ4n) is 2.90. The van der Waals surface area contributed by atoms with Gasteiger partial charge in [0.2, 0.25) is 5.79 Å². The largest absolute Gasteiger partial charge is 0.364 e. The highest BCUT2D eigenvalue weighted by Gasteiger charge is 2.63. The molecule has 1 aliphatic heterocycles. The lowest BCUT2D eigenvalue weighted by Crippen LogP contribution is -2.71. The first-order chi connectivity index (χ1) is 7.29. The van der Waals surface area contributed by atoms with E-state index in [9.17, 15) is 0 Å². The fourth-order valence-corrected chi connectivity index (χ4v) is 2.90. The van der Waals surface area contributed by atoms with Crippen molar-refractivity contribution in [2.75, 3.05) is 19.8 Å². The highest BCUT2D eigenvalue weighted by Crippen LogP contribution is 2.50. The third kappa shape index (κ3) is 1.71. The lowest BCUT2D eigenvalue weighted by atomic mass is 9.74. The maximum atomic E-state index is 5.85. The second-order valence-electron chi connectivity index (χ2n) is 4.46. The molecule has 0 aromatic carbocycles. The lowest BCUT2D eigenvalue weighted by Gasteiger charge is -2.58. The number of ether oxygens (including phenoxy) is 3. The van der Waals surface area contributed by atoms with E-state index in [1.165, 1.54) is 19.3 Å². The average molecular weight is 214 g/mol. The quantitative estimate of drug-likeness (QED) is 0.673. The molecule has 0 atom stereocenters. The molecule has 0 N–H and O–H groups in total. The van der Waals surface area contributed by atoms with Gasteiger partial charge in [0.1, 0.15) is 12.2 Å². The number of hydrogen-bond donors (Lipinski definition) is 0. The van der Waals surface area contributed by atoms with Crippen molar-refractivity contribution < 1.29 is 14.2 Å². The van der Waals surface area contributed by atoms with Crippen LogP contribution in [0.15, 0.2) is 0 Å². The molecule has 2 aliphatic rings. The standard InChI is InChI=1S/C12H22O3/c1-3-13-12(14-4-2)10-15-11(12)8-6-5-7-9-11/h3-10H2,1-2H3. The van der Waals surface area contributed by atoms with Gasteiger partial charge in [-0.25, -0.2) is 0 Å². The molecule has 0 aromatic rings. The Bertz CT molecular complexity index is 203. The Balaban J connectivity index is 2.09. The van der Waals surface area contributed by atoms with E-state index in [-0.39, 0.29) is 5.60 Å². The van der Waals surface area contributed by atoms with E-state index in [2.05, 4.69) is 0 Å². The fraction of sp³-hybridized carbons (Fsp3) is 1.00. The van der Waals surface area contributed by atoms with Crippen LogP contribution in [0.2, 0.25) is 0 Å². The smallest absolute Gasteiger partial charge is 0.221 e. The van der Waals surface area contributed by atoms with Crippen molar-refractivity contribution in [2.45, 2.75) is 57.3 Å². The zero-order chi connectivity index (χ0) is 10.8. The summed E-state index contributed by atoms with van der Waals surface area (Å²) in [6.07, 6.45) is 5.98. The Kier molecular flexibility index (Phi) is 3.33. The molecule has 2 fully saturated rings. The molecule has 1 saturated heterocycles. The lowest BCUT2D eigenvalue weighted by molar-refractivity contribution is -0.428. The third-order valence-corrected chi connectivity index (χ3v) is 3.65. The van der Waals surface area contributed by atoms with Crippen LogP contribution in [-0.4, -0.2) is 31.2 Å². The predicted octanol–water partition coefficient (Wildman–Crippen LogP) is 2.49. The monoisotopic (exact) mass is 214 g/mol. The average Bonchev–Trinajstić information content (AvgIpc) is 2.28. The molecule has 0 aromatic heterocycles. The zero-order valence-electron chi connectivity index (χ0n) is 9.88. The maximum Gasteiger partial charge on any atom is 0.221 e. The summed E-state index contributed by atoms with van der Waals surface area (Å²) in [6.45, 7) is 6.05. The highest BCUT2D eigenvalue weighted by atomic mass is 16.8. The van der Waals surface area contributed by atoms with Crippen LogP contribution < -0.4 is 0 Å². The molecule has 1 aliphatic carbocycles. The summed E-state index contributed by atoms with van der Waals surface area (Å²) in [4.78, 5) is 0. The zero-order valence-corrected chi connectivity index (χ0v) is 9.88. The van der Waals surface area contributed by atoms with E-state index in [0.717, 1.165) is 12.8 Å². The van der Waals surface area contributed by atoms with Crippen LogP contribution in [0.3, 0.4) is 0 Å². The second kappa shape index (κ2) is 4.40. The first kappa shape index (κ1) is 11.4. The van der Waals surface area contributed by atoms with Gasteiger partial charge in [-0.2, -0.15) is 0 Å². The van der Waals surface area contributed by atoms with Crippen molar-refractivity contribution in [3.8, 4) is 0 Å². The van der Waals surface area contributed by atoms with Crippen molar-refractivity contribution in [1.82, 2.24) is 0 Å². The van der Waals surface area contributed by atoms with E-state index in [4.69, 9.17) is 14.2 Å². The van der Waals surface area contributed by atoms with Gasteiger partial charge in [-0.15, -0.1) is 0 Å². The van der Waals surface area contributed by atoms with Gasteiger partial charge in [0.25, 0.3) is 0 Å². The number of rotatable bonds is 4. The summed E-state index contributed by atoms with van der Waals surface area (Å²) in [5, 5.41) is 0. The van der Waals surface area contributed by atoms with E-state index in [1.54, 1.807) is 0 Å². The summed E-state index contributed by atoms with van der Waals surface area (Å²) >= 11 is 0. The van der Waals surface area contributed by atoms with E-state index < -0.39 is 5.79 Å². The molecule has 1 spiro atoms. The molecule has 88 valence electrons. The minimum atomic E-state index is -0.434. The van der Waals surface area contributed by atoms with Gasteiger partial charge < -0.3 is 14.2 Å². The van der Waals surface area contributed by atoms with Crippen molar-refractivity contribution in [1.29, 1.82) is 0 Å². The molecule has 3 heteroatoms. The molecule has 2 rings (SSSR count). The molecule has 15 heavy (non-hydrogen) atoms. The minimum absolute atomic E-state index is 0.128.